The van der Waals surface area contributed by atoms with Crippen LogP contribution in [0.2, 0.25) is 0 Å². The molecule has 1 fully saturated rings. The molecule has 1 aromatic rings. The smallest absolute Gasteiger partial charge is 0.357 e. The summed E-state index contributed by atoms with van der Waals surface area (Å²) in [6.07, 6.45) is 0.0870. The zero-order valence-corrected chi connectivity index (χ0v) is 11.1. The van der Waals surface area contributed by atoms with Gasteiger partial charge in [0.25, 0.3) is 0 Å². The van der Waals surface area contributed by atoms with Crippen LogP contribution < -0.4 is 10.6 Å². The van der Waals surface area contributed by atoms with Gasteiger partial charge in [0, 0.05) is 18.3 Å². The third-order valence-electron chi connectivity index (χ3n) is 2.73. The molecule has 1 aliphatic rings. The second-order valence-corrected chi connectivity index (χ2v) is 4.88. The Bertz CT molecular complexity index is 528. The van der Waals surface area contributed by atoms with E-state index in [1.54, 1.807) is 6.92 Å². The number of thiazole rings is 1. The van der Waals surface area contributed by atoms with Crippen LogP contribution in [0.4, 0.5) is 5.13 Å². The third-order valence-corrected chi connectivity index (χ3v) is 3.60. The molecule has 0 aromatic carbocycles. The minimum Gasteiger partial charge on any atom is -0.461 e. The van der Waals surface area contributed by atoms with E-state index in [9.17, 15) is 14.4 Å². The maximum atomic E-state index is 11.8. The summed E-state index contributed by atoms with van der Waals surface area (Å²) in [6.45, 7) is 2.18. The number of nitrogens with two attached hydrogens (primary N) is 1. The molecular formula is C11H13N3O4S. The number of primary amides is 1. The van der Waals surface area contributed by atoms with Crippen LogP contribution in [0.5, 0.6) is 0 Å². The highest BCUT2D eigenvalue weighted by atomic mass is 32.1. The molecule has 0 aliphatic carbocycles. The molecule has 1 saturated heterocycles. The molecule has 0 saturated carbocycles. The number of carbonyl (C=O) groups excluding carboxylic acids is 3. The first-order valence-electron chi connectivity index (χ1n) is 5.75. The Hall–Kier alpha value is -1.96. The summed E-state index contributed by atoms with van der Waals surface area (Å²) in [5.41, 5.74) is 5.35. The highest BCUT2D eigenvalue weighted by Gasteiger charge is 2.35. The van der Waals surface area contributed by atoms with Crippen LogP contribution in [0.3, 0.4) is 0 Å². The van der Waals surface area contributed by atoms with Crippen molar-refractivity contribution in [2.75, 3.05) is 18.1 Å². The van der Waals surface area contributed by atoms with Crippen LogP contribution in [0.1, 0.15) is 23.8 Å². The van der Waals surface area contributed by atoms with E-state index in [4.69, 9.17) is 10.5 Å². The van der Waals surface area contributed by atoms with Gasteiger partial charge in [0.2, 0.25) is 11.8 Å². The minimum atomic E-state index is -0.525. The Balaban J connectivity index is 2.13. The van der Waals surface area contributed by atoms with Gasteiger partial charge in [-0.25, -0.2) is 9.78 Å². The largest absolute Gasteiger partial charge is 0.461 e. The molecule has 2 heterocycles. The van der Waals surface area contributed by atoms with Crippen molar-refractivity contribution in [3.05, 3.63) is 11.1 Å². The normalized spacial score (nSPS) is 18.7. The minimum absolute atomic E-state index is 0.0870. The summed E-state index contributed by atoms with van der Waals surface area (Å²) in [4.78, 5) is 39.7. The first-order chi connectivity index (χ1) is 9.02. The molecule has 102 valence electrons. The zero-order valence-electron chi connectivity index (χ0n) is 10.3. The standard InChI is InChI=1S/C11H13N3O4S/c1-2-18-10(17)7-5-19-11(13-7)14-4-6(9(12)16)3-8(14)15/h5-6H,2-4H2,1H3,(H2,12,16). The van der Waals surface area contributed by atoms with Crippen LogP contribution >= 0.6 is 11.3 Å². The van der Waals surface area contributed by atoms with Crippen LogP contribution in [-0.2, 0) is 14.3 Å². The van der Waals surface area contributed by atoms with E-state index in [0.29, 0.717) is 5.13 Å². The van der Waals surface area contributed by atoms with Crippen molar-refractivity contribution in [2.24, 2.45) is 11.7 Å². The molecule has 0 spiro atoms. The SMILES string of the molecule is CCOC(=O)c1csc(N2CC(C(N)=O)CC2=O)n1. The summed E-state index contributed by atoms with van der Waals surface area (Å²) < 4.78 is 4.82. The number of aromatic nitrogens is 1. The van der Waals surface area contributed by atoms with Crippen LogP contribution in [0, 0.1) is 5.92 Å². The summed E-state index contributed by atoms with van der Waals surface area (Å²) in [5.74, 6) is -1.74. The van der Waals surface area contributed by atoms with E-state index >= 15 is 0 Å². The van der Waals surface area contributed by atoms with Gasteiger partial charge in [-0.2, -0.15) is 0 Å². The average molecular weight is 283 g/mol. The van der Waals surface area contributed by atoms with Gasteiger partial charge in [-0.3, -0.25) is 14.5 Å². The number of carbonyl (C=O) groups is 3. The van der Waals surface area contributed by atoms with Gasteiger partial charge in [0.1, 0.15) is 0 Å². The van der Waals surface area contributed by atoms with E-state index in [-0.39, 0.29) is 31.2 Å². The van der Waals surface area contributed by atoms with E-state index in [0.717, 1.165) is 11.3 Å². The maximum Gasteiger partial charge on any atom is 0.357 e. The Morgan fingerprint density at radius 2 is 2.37 bits per heavy atom. The zero-order chi connectivity index (χ0) is 14.0. The van der Waals surface area contributed by atoms with Gasteiger partial charge in [0.15, 0.2) is 10.8 Å². The van der Waals surface area contributed by atoms with Crippen molar-refractivity contribution in [1.29, 1.82) is 0 Å². The molecule has 1 aromatic heterocycles. The fourth-order valence-corrected chi connectivity index (χ4v) is 2.59. The quantitative estimate of drug-likeness (QED) is 0.793. The number of nitrogens with zero attached hydrogens (tertiary/aromatic N) is 2. The van der Waals surface area contributed by atoms with Crippen LogP contribution in [-0.4, -0.2) is 35.9 Å². The highest BCUT2D eigenvalue weighted by molar-refractivity contribution is 7.14. The number of amides is 2. The van der Waals surface area contributed by atoms with Crippen molar-refractivity contribution >= 4 is 34.3 Å². The highest BCUT2D eigenvalue weighted by Crippen LogP contribution is 2.28. The predicted octanol–water partition coefficient (Wildman–Crippen LogP) is 0.158. The van der Waals surface area contributed by atoms with E-state index in [1.165, 1.54) is 10.3 Å². The second kappa shape index (κ2) is 5.35. The van der Waals surface area contributed by atoms with E-state index in [2.05, 4.69) is 4.98 Å². The summed E-state index contributed by atoms with van der Waals surface area (Å²) >= 11 is 1.16. The Morgan fingerprint density at radius 3 is 2.95 bits per heavy atom. The number of ether oxygens (including phenoxy) is 1. The number of rotatable bonds is 4. The third kappa shape index (κ3) is 2.73. The van der Waals surface area contributed by atoms with Crippen molar-refractivity contribution < 1.29 is 19.1 Å². The van der Waals surface area contributed by atoms with Crippen molar-refractivity contribution in [1.82, 2.24) is 4.98 Å². The molecule has 2 amide bonds. The lowest BCUT2D eigenvalue weighted by molar-refractivity contribution is -0.123. The molecule has 0 bridgehead atoms. The van der Waals surface area contributed by atoms with E-state index in [1.807, 2.05) is 0 Å². The number of esters is 1. The van der Waals surface area contributed by atoms with Crippen LogP contribution in [0.15, 0.2) is 5.38 Å². The second-order valence-electron chi connectivity index (χ2n) is 4.04. The van der Waals surface area contributed by atoms with Gasteiger partial charge in [-0.05, 0) is 6.92 Å². The maximum absolute atomic E-state index is 11.8. The van der Waals surface area contributed by atoms with Gasteiger partial charge in [-0.1, -0.05) is 0 Å². The number of hydrogen-bond acceptors (Lipinski definition) is 6. The molecule has 8 heteroatoms. The lowest BCUT2D eigenvalue weighted by Gasteiger charge is -2.11. The fourth-order valence-electron chi connectivity index (χ4n) is 1.77. The average Bonchev–Trinajstić information content (AvgIpc) is 2.95. The predicted molar refractivity (Wildman–Crippen MR) is 67.7 cm³/mol. The first kappa shape index (κ1) is 13.5. The molecule has 1 aliphatic heterocycles. The lowest BCUT2D eigenvalue weighted by Crippen LogP contribution is -2.28. The molecule has 2 rings (SSSR count). The van der Waals surface area contributed by atoms with Gasteiger partial charge in [0.05, 0.1) is 12.5 Å². The molecular weight excluding hydrogens is 270 g/mol. The van der Waals surface area contributed by atoms with Gasteiger partial charge in [-0.15, -0.1) is 11.3 Å². The summed E-state index contributed by atoms with van der Waals surface area (Å²) in [7, 11) is 0. The topological polar surface area (TPSA) is 103 Å². The lowest BCUT2D eigenvalue weighted by atomic mass is 10.1. The Kier molecular flexibility index (Phi) is 3.79. The van der Waals surface area contributed by atoms with Crippen molar-refractivity contribution in [2.45, 2.75) is 13.3 Å². The van der Waals surface area contributed by atoms with E-state index < -0.39 is 17.8 Å². The monoisotopic (exact) mass is 283 g/mol. The van der Waals surface area contributed by atoms with Crippen molar-refractivity contribution in [3.8, 4) is 0 Å². The molecule has 19 heavy (non-hydrogen) atoms. The fraction of sp³-hybridized carbons (Fsp3) is 0.455. The summed E-state index contributed by atoms with van der Waals surface area (Å²) in [6, 6.07) is 0. The van der Waals surface area contributed by atoms with Crippen molar-refractivity contribution in [3.63, 3.8) is 0 Å². The molecule has 7 nitrogen and oxygen atoms in total. The molecule has 1 atom stereocenters. The number of anilines is 1. The number of hydrogen-bond donors (Lipinski definition) is 1. The Morgan fingerprint density at radius 1 is 1.63 bits per heavy atom. The Labute approximate surface area is 113 Å². The molecule has 2 N–H and O–H groups in total. The van der Waals surface area contributed by atoms with Gasteiger partial charge >= 0.3 is 5.97 Å². The molecule has 1 unspecified atom stereocenters. The molecule has 0 radical (unpaired) electrons. The van der Waals surface area contributed by atoms with Crippen LogP contribution in [0.25, 0.3) is 0 Å². The van der Waals surface area contributed by atoms with Gasteiger partial charge < -0.3 is 10.5 Å². The first-order valence-corrected chi connectivity index (χ1v) is 6.63. The summed E-state index contributed by atoms with van der Waals surface area (Å²) in [5, 5.41) is 1.91.